The summed E-state index contributed by atoms with van der Waals surface area (Å²) >= 11 is 0. The predicted molar refractivity (Wildman–Crippen MR) is 71.5 cm³/mol. The van der Waals surface area contributed by atoms with Gasteiger partial charge in [-0.25, -0.2) is 0 Å². The van der Waals surface area contributed by atoms with Crippen molar-refractivity contribution in [2.75, 3.05) is 14.1 Å². The van der Waals surface area contributed by atoms with Crippen LogP contribution in [0, 0.1) is 0 Å². The highest BCUT2D eigenvalue weighted by Crippen LogP contribution is 2.32. The zero-order valence-corrected chi connectivity index (χ0v) is 11.0. The zero-order chi connectivity index (χ0) is 13.8. The molecular formula is C15H17NO3. The highest BCUT2D eigenvalue weighted by molar-refractivity contribution is 5.84. The second-order valence-electron chi connectivity index (χ2n) is 4.58. The molecule has 2 rings (SSSR count). The predicted octanol–water partition coefficient (Wildman–Crippen LogP) is 2.18. The fourth-order valence-corrected chi connectivity index (χ4v) is 2.02. The zero-order valence-electron chi connectivity index (χ0n) is 11.0. The molecule has 100 valence electrons. The van der Waals surface area contributed by atoms with Gasteiger partial charge in [0.05, 0.1) is 12.2 Å². The van der Waals surface area contributed by atoms with Gasteiger partial charge < -0.3 is 14.4 Å². The average Bonchev–Trinajstić information content (AvgIpc) is 2.93. The minimum atomic E-state index is -0.993. The molecule has 0 radical (unpaired) electrons. The molecule has 4 heteroatoms. The van der Waals surface area contributed by atoms with E-state index in [4.69, 9.17) is 4.42 Å². The second kappa shape index (κ2) is 5.71. The van der Waals surface area contributed by atoms with Crippen molar-refractivity contribution < 1.29 is 14.3 Å². The topological polar surface area (TPSA) is 53.7 Å². The summed E-state index contributed by atoms with van der Waals surface area (Å²) in [6.45, 7) is 0. The van der Waals surface area contributed by atoms with Crippen molar-refractivity contribution in [3.8, 4) is 0 Å². The Morgan fingerprint density at radius 1 is 1.16 bits per heavy atom. The lowest BCUT2D eigenvalue weighted by atomic mass is 9.91. The molecule has 1 N–H and O–H groups in total. The molecule has 4 nitrogen and oxygen atoms in total. The maximum Gasteiger partial charge on any atom is 0.232 e. The van der Waals surface area contributed by atoms with Gasteiger partial charge in [-0.1, -0.05) is 30.3 Å². The number of nitrogens with zero attached hydrogens (tertiary/aromatic N) is 1. The Labute approximate surface area is 112 Å². The Morgan fingerprint density at radius 2 is 1.84 bits per heavy atom. The first-order chi connectivity index (χ1) is 9.11. The molecule has 0 unspecified atom stereocenters. The molecular weight excluding hydrogens is 242 g/mol. The average molecular weight is 259 g/mol. The minimum absolute atomic E-state index is 0.157. The van der Waals surface area contributed by atoms with Crippen LogP contribution in [-0.4, -0.2) is 30.0 Å². The molecule has 0 aliphatic rings. The number of amides is 1. The van der Waals surface area contributed by atoms with Crippen LogP contribution in [0.4, 0.5) is 0 Å². The molecule has 2 aromatic rings. The first-order valence-electron chi connectivity index (χ1n) is 6.09. The van der Waals surface area contributed by atoms with Crippen LogP contribution in [0.3, 0.4) is 0 Å². The Hall–Kier alpha value is -2.07. The second-order valence-corrected chi connectivity index (χ2v) is 4.58. The number of rotatable bonds is 4. The summed E-state index contributed by atoms with van der Waals surface area (Å²) in [5.74, 6) is -0.429. The van der Waals surface area contributed by atoms with Gasteiger partial charge in [0.1, 0.15) is 11.9 Å². The molecule has 2 atom stereocenters. The summed E-state index contributed by atoms with van der Waals surface area (Å²) in [4.78, 5) is 13.8. The Kier molecular flexibility index (Phi) is 4.02. The summed E-state index contributed by atoms with van der Waals surface area (Å²) in [6.07, 6.45) is 0.494. The fourth-order valence-electron chi connectivity index (χ4n) is 2.02. The number of hydrogen-bond acceptors (Lipinski definition) is 3. The van der Waals surface area contributed by atoms with Crippen LogP contribution >= 0.6 is 0 Å². The number of hydrogen-bond donors (Lipinski definition) is 1. The molecule has 0 saturated carbocycles. The van der Waals surface area contributed by atoms with E-state index in [0.29, 0.717) is 5.76 Å². The van der Waals surface area contributed by atoms with E-state index < -0.39 is 12.0 Å². The lowest BCUT2D eigenvalue weighted by Gasteiger charge is -2.24. The van der Waals surface area contributed by atoms with E-state index in [2.05, 4.69) is 0 Å². The number of carbonyl (C=O) groups is 1. The largest absolute Gasteiger partial charge is 0.467 e. The molecule has 0 bridgehead atoms. The van der Waals surface area contributed by atoms with Gasteiger partial charge in [0, 0.05) is 14.1 Å². The van der Waals surface area contributed by atoms with Crippen molar-refractivity contribution in [2.24, 2.45) is 0 Å². The summed E-state index contributed by atoms with van der Waals surface area (Å²) in [7, 11) is 3.35. The summed E-state index contributed by atoms with van der Waals surface area (Å²) < 4.78 is 5.21. The van der Waals surface area contributed by atoms with Crippen LogP contribution in [0.15, 0.2) is 53.1 Å². The monoisotopic (exact) mass is 259 g/mol. The standard InChI is InChI=1S/C15H17NO3/c1-16(2)15(18)13(11-7-4-3-5-8-11)14(17)12-9-6-10-19-12/h3-10,13-14,17H,1-2H3/t13-,14-/m0/s1. The molecule has 1 amide bonds. The third kappa shape index (κ3) is 2.85. The molecule has 0 saturated heterocycles. The van der Waals surface area contributed by atoms with E-state index in [0.717, 1.165) is 5.56 Å². The summed E-state index contributed by atoms with van der Waals surface area (Å²) in [5.41, 5.74) is 0.769. The smallest absolute Gasteiger partial charge is 0.232 e. The van der Waals surface area contributed by atoms with Gasteiger partial charge in [0.15, 0.2) is 0 Å². The van der Waals surface area contributed by atoms with Gasteiger partial charge in [-0.3, -0.25) is 4.79 Å². The number of furan rings is 1. The van der Waals surface area contributed by atoms with E-state index in [1.165, 1.54) is 11.2 Å². The summed E-state index contributed by atoms with van der Waals surface area (Å²) in [6, 6.07) is 12.6. The highest BCUT2D eigenvalue weighted by Gasteiger charge is 2.32. The number of carbonyl (C=O) groups excluding carboxylic acids is 1. The normalized spacial score (nSPS) is 13.8. The maximum absolute atomic E-state index is 12.3. The van der Waals surface area contributed by atoms with Gasteiger partial charge in [-0.05, 0) is 17.7 Å². The van der Waals surface area contributed by atoms with Gasteiger partial charge in [0.2, 0.25) is 5.91 Å². The van der Waals surface area contributed by atoms with Crippen molar-refractivity contribution in [2.45, 2.75) is 12.0 Å². The molecule has 0 spiro atoms. The Balaban J connectivity index is 2.38. The van der Waals surface area contributed by atoms with Crippen LogP contribution in [0.5, 0.6) is 0 Å². The lowest BCUT2D eigenvalue weighted by molar-refractivity contribution is -0.133. The van der Waals surface area contributed by atoms with E-state index in [9.17, 15) is 9.90 Å². The van der Waals surface area contributed by atoms with Crippen LogP contribution in [0.25, 0.3) is 0 Å². The van der Waals surface area contributed by atoms with E-state index in [1.54, 1.807) is 26.2 Å². The summed E-state index contributed by atoms with van der Waals surface area (Å²) in [5, 5.41) is 10.4. The van der Waals surface area contributed by atoms with Gasteiger partial charge in [0.25, 0.3) is 0 Å². The van der Waals surface area contributed by atoms with Gasteiger partial charge >= 0.3 is 0 Å². The molecule has 19 heavy (non-hydrogen) atoms. The van der Waals surface area contributed by atoms with Crippen molar-refractivity contribution in [3.63, 3.8) is 0 Å². The molecule has 1 heterocycles. The number of benzene rings is 1. The van der Waals surface area contributed by atoms with Crippen LogP contribution < -0.4 is 0 Å². The van der Waals surface area contributed by atoms with Crippen LogP contribution in [0.2, 0.25) is 0 Å². The number of likely N-dealkylation sites (N-methyl/N-ethyl adjacent to an activating group) is 1. The maximum atomic E-state index is 12.3. The Bertz CT molecular complexity index is 520. The molecule has 1 aromatic carbocycles. The van der Waals surface area contributed by atoms with E-state index in [-0.39, 0.29) is 5.91 Å². The molecule has 0 aliphatic carbocycles. The first kappa shape index (κ1) is 13.4. The molecule has 1 aromatic heterocycles. The number of aliphatic hydroxyl groups excluding tert-OH is 1. The van der Waals surface area contributed by atoms with Crippen LogP contribution in [0.1, 0.15) is 23.3 Å². The molecule has 0 fully saturated rings. The van der Waals surface area contributed by atoms with Crippen molar-refractivity contribution in [3.05, 3.63) is 60.1 Å². The van der Waals surface area contributed by atoms with E-state index in [1.807, 2.05) is 30.3 Å². The fraction of sp³-hybridized carbons (Fsp3) is 0.267. The lowest BCUT2D eigenvalue weighted by Crippen LogP contribution is -2.31. The quantitative estimate of drug-likeness (QED) is 0.915. The van der Waals surface area contributed by atoms with E-state index >= 15 is 0 Å². The third-order valence-corrected chi connectivity index (χ3v) is 3.02. The van der Waals surface area contributed by atoms with Gasteiger partial charge in [-0.15, -0.1) is 0 Å². The SMILES string of the molecule is CN(C)C(=O)[C@@H](c1ccccc1)[C@@H](O)c1ccco1. The first-order valence-corrected chi connectivity index (χ1v) is 6.09. The third-order valence-electron chi connectivity index (χ3n) is 3.02. The van der Waals surface area contributed by atoms with Crippen LogP contribution in [-0.2, 0) is 4.79 Å². The Morgan fingerprint density at radius 3 is 2.37 bits per heavy atom. The number of aliphatic hydroxyl groups is 1. The minimum Gasteiger partial charge on any atom is -0.467 e. The van der Waals surface area contributed by atoms with Gasteiger partial charge in [-0.2, -0.15) is 0 Å². The van der Waals surface area contributed by atoms with Crippen molar-refractivity contribution >= 4 is 5.91 Å². The highest BCUT2D eigenvalue weighted by atomic mass is 16.4. The van der Waals surface area contributed by atoms with Crippen molar-refractivity contribution in [1.82, 2.24) is 4.90 Å². The molecule has 0 aliphatic heterocycles. The van der Waals surface area contributed by atoms with Crippen molar-refractivity contribution in [1.29, 1.82) is 0 Å².